The largest absolute Gasteiger partial charge is 0.493 e. The minimum absolute atomic E-state index is 0.00184. The van der Waals surface area contributed by atoms with Crippen LogP contribution in [0.15, 0.2) is 42.5 Å². The predicted octanol–water partition coefficient (Wildman–Crippen LogP) is 3.32. The Labute approximate surface area is 155 Å². The van der Waals surface area contributed by atoms with E-state index >= 15 is 0 Å². The number of benzene rings is 2. The maximum Gasteiger partial charge on any atom is 0.234 e. The van der Waals surface area contributed by atoms with Crippen LogP contribution in [0, 0.1) is 6.92 Å². The lowest BCUT2D eigenvalue weighted by atomic mass is 10.1. The molecule has 5 heteroatoms. The van der Waals surface area contributed by atoms with Crippen molar-refractivity contribution in [3.8, 4) is 11.5 Å². The van der Waals surface area contributed by atoms with Crippen molar-refractivity contribution in [2.24, 2.45) is 0 Å². The zero-order chi connectivity index (χ0) is 19.1. The van der Waals surface area contributed by atoms with Crippen molar-refractivity contribution in [2.45, 2.75) is 26.4 Å². The van der Waals surface area contributed by atoms with E-state index < -0.39 is 0 Å². The first kappa shape index (κ1) is 19.8. The summed E-state index contributed by atoms with van der Waals surface area (Å²) in [6.45, 7) is 5.00. The van der Waals surface area contributed by atoms with Gasteiger partial charge in [0.1, 0.15) is 0 Å². The molecular formula is C21H28N2O3. The lowest BCUT2D eigenvalue weighted by molar-refractivity contribution is -0.122. The van der Waals surface area contributed by atoms with Gasteiger partial charge in [-0.1, -0.05) is 30.3 Å². The van der Waals surface area contributed by atoms with Crippen LogP contribution in [-0.4, -0.2) is 38.6 Å². The van der Waals surface area contributed by atoms with Gasteiger partial charge in [-0.25, -0.2) is 0 Å². The van der Waals surface area contributed by atoms with E-state index in [2.05, 4.69) is 5.32 Å². The summed E-state index contributed by atoms with van der Waals surface area (Å²) in [4.78, 5) is 14.3. The van der Waals surface area contributed by atoms with Gasteiger partial charge in [0, 0.05) is 6.54 Å². The average Bonchev–Trinajstić information content (AvgIpc) is 2.63. The molecule has 26 heavy (non-hydrogen) atoms. The highest BCUT2D eigenvalue weighted by Crippen LogP contribution is 2.30. The summed E-state index contributed by atoms with van der Waals surface area (Å²) < 4.78 is 10.7. The molecule has 0 spiro atoms. The second-order valence-corrected chi connectivity index (χ2v) is 6.51. The number of nitrogens with zero attached hydrogens (tertiary/aromatic N) is 1. The van der Waals surface area contributed by atoms with Crippen LogP contribution in [0.4, 0.5) is 0 Å². The molecule has 1 amide bonds. The maximum absolute atomic E-state index is 12.3. The number of hydrogen-bond acceptors (Lipinski definition) is 4. The molecule has 0 heterocycles. The van der Waals surface area contributed by atoms with E-state index in [1.165, 1.54) is 0 Å². The van der Waals surface area contributed by atoms with Gasteiger partial charge in [0.05, 0.1) is 26.8 Å². The smallest absolute Gasteiger partial charge is 0.234 e. The van der Waals surface area contributed by atoms with E-state index in [1.54, 1.807) is 14.2 Å². The molecule has 0 fully saturated rings. The normalized spacial score (nSPS) is 11.9. The zero-order valence-corrected chi connectivity index (χ0v) is 16.2. The monoisotopic (exact) mass is 356 g/mol. The average molecular weight is 356 g/mol. The van der Waals surface area contributed by atoms with E-state index in [1.807, 2.05) is 68.3 Å². The zero-order valence-electron chi connectivity index (χ0n) is 16.2. The Morgan fingerprint density at radius 3 is 2.35 bits per heavy atom. The molecule has 5 nitrogen and oxygen atoms in total. The van der Waals surface area contributed by atoms with Crippen molar-refractivity contribution in [2.75, 3.05) is 27.8 Å². The van der Waals surface area contributed by atoms with Gasteiger partial charge in [-0.3, -0.25) is 9.69 Å². The summed E-state index contributed by atoms with van der Waals surface area (Å²) in [7, 11) is 5.18. The van der Waals surface area contributed by atoms with Crippen molar-refractivity contribution < 1.29 is 14.3 Å². The van der Waals surface area contributed by atoms with Gasteiger partial charge in [-0.15, -0.1) is 0 Å². The number of nitrogens with one attached hydrogen (secondary N) is 1. The lowest BCUT2D eigenvalue weighted by Gasteiger charge is -2.21. The molecule has 0 saturated carbocycles. The van der Waals surface area contributed by atoms with Crippen molar-refractivity contribution in [1.82, 2.24) is 10.2 Å². The van der Waals surface area contributed by atoms with E-state index in [-0.39, 0.29) is 11.9 Å². The third-order valence-corrected chi connectivity index (χ3v) is 4.37. The van der Waals surface area contributed by atoms with E-state index in [4.69, 9.17) is 9.47 Å². The SMILES string of the molecule is COc1cc(C)c(CN(C)CC(=O)N[C@H](C)c2ccccc2)cc1OC. The topological polar surface area (TPSA) is 50.8 Å². The second-order valence-electron chi connectivity index (χ2n) is 6.51. The van der Waals surface area contributed by atoms with Gasteiger partial charge < -0.3 is 14.8 Å². The lowest BCUT2D eigenvalue weighted by Crippen LogP contribution is -2.36. The van der Waals surface area contributed by atoms with Gasteiger partial charge in [0.2, 0.25) is 5.91 Å². The number of aryl methyl sites for hydroxylation is 1. The first-order valence-corrected chi connectivity index (χ1v) is 8.69. The van der Waals surface area contributed by atoms with Gasteiger partial charge >= 0.3 is 0 Å². The molecule has 2 aromatic carbocycles. The fourth-order valence-electron chi connectivity index (χ4n) is 2.90. The Hall–Kier alpha value is -2.53. The van der Waals surface area contributed by atoms with Crippen LogP contribution in [0.1, 0.15) is 29.7 Å². The highest BCUT2D eigenvalue weighted by Gasteiger charge is 2.14. The highest BCUT2D eigenvalue weighted by molar-refractivity contribution is 5.78. The van der Waals surface area contributed by atoms with Crippen molar-refractivity contribution >= 4 is 5.91 Å². The molecule has 1 atom stereocenters. The Kier molecular flexibility index (Phi) is 7.04. The third-order valence-electron chi connectivity index (χ3n) is 4.37. The molecule has 0 aliphatic rings. The third kappa shape index (κ3) is 5.23. The Bertz CT molecular complexity index is 732. The number of amides is 1. The van der Waals surface area contributed by atoms with E-state index in [9.17, 15) is 4.79 Å². The van der Waals surface area contributed by atoms with Crippen molar-refractivity contribution in [1.29, 1.82) is 0 Å². The molecule has 0 radical (unpaired) electrons. The van der Waals surface area contributed by atoms with Crippen molar-refractivity contribution in [3.05, 3.63) is 59.2 Å². The van der Waals surface area contributed by atoms with Gasteiger partial charge in [-0.2, -0.15) is 0 Å². The number of likely N-dealkylation sites (N-methyl/N-ethyl adjacent to an activating group) is 1. The Morgan fingerprint density at radius 1 is 1.12 bits per heavy atom. The van der Waals surface area contributed by atoms with E-state index in [0.717, 1.165) is 16.7 Å². The molecule has 0 aromatic heterocycles. The standard InChI is InChI=1S/C21H28N2O3/c1-15-11-19(25-4)20(26-5)12-18(15)13-23(3)14-21(24)22-16(2)17-9-7-6-8-10-17/h6-12,16H,13-14H2,1-5H3,(H,22,24)/t16-/m1/s1. The number of ether oxygens (including phenoxy) is 2. The molecule has 2 rings (SSSR count). The maximum atomic E-state index is 12.3. The molecular weight excluding hydrogens is 328 g/mol. The van der Waals surface area contributed by atoms with Crippen LogP contribution in [0.2, 0.25) is 0 Å². The quantitative estimate of drug-likeness (QED) is 0.788. The molecule has 0 aliphatic heterocycles. The Balaban J connectivity index is 1.96. The first-order valence-electron chi connectivity index (χ1n) is 8.69. The minimum atomic E-state index is -0.0140. The summed E-state index contributed by atoms with van der Waals surface area (Å²) in [6.07, 6.45) is 0. The number of methoxy groups -OCH3 is 2. The number of hydrogen-bond donors (Lipinski definition) is 1. The summed E-state index contributed by atoms with van der Waals surface area (Å²) in [5.74, 6) is 1.41. The van der Waals surface area contributed by atoms with Crippen LogP contribution in [0.3, 0.4) is 0 Å². The molecule has 2 aromatic rings. The summed E-state index contributed by atoms with van der Waals surface area (Å²) in [6, 6.07) is 13.9. The van der Waals surface area contributed by atoms with Gasteiger partial charge in [0.15, 0.2) is 11.5 Å². The molecule has 0 saturated heterocycles. The minimum Gasteiger partial charge on any atom is -0.493 e. The van der Waals surface area contributed by atoms with E-state index in [0.29, 0.717) is 24.6 Å². The van der Waals surface area contributed by atoms with Crippen LogP contribution in [0.25, 0.3) is 0 Å². The molecule has 140 valence electrons. The summed E-state index contributed by atoms with van der Waals surface area (Å²) >= 11 is 0. The molecule has 0 bridgehead atoms. The number of rotatable bonds is 8. The molecule has 0 unspecified atom stereocenters. The van der Waals surface area contributed by atoms with Gasteiger partial charge in [-0.05, 0) is 49.7 Å². The first-order chi connectivity index (χ1) is 12.4. The fraction of sp³-hybridized carbons (Fsp3) is 0.381. The Morgan fingerprint density at radius 2 is 1.73 bits per heavy atom. The fourth-order valence-corrected chi connectivity index (χ4v) is 2.90. The van der Waals surface area contributed by atoms with Crippen LogP contribution < -0.4 is 14.8 Å². The summed E-state index contributed by atoms with van der Waals surface area (Å²) in [5.41, 5.74) is 3.31. The van der Waals surface area contributed by atoms with Crippen molar-refractivity contribution in [3.63, 3.8) is 0 Å². The highest BCUT2D eigenvalue weighted by atomic mass is 16.5. The van der Waals surface area contributed by atoms with Crippen LogP contribution >= 0.6 is 0 Å². The molecule has 0 aliphatic carbocycles. The number of carbonyl (C=O) groups is 1. The second kappa shape index (κ2) is 9.25. The molecule has 1 N–H and O–H groups in total. The van der Waals surface area contributed by atoms with Gasteiger partial charge in [0.25, 0.3) is 0 Å². The predicted molar refractivity (Wildman–Crippen MR) is 104 cm³/mol. The summed E-state index contributed by atoms with van der Waals surface area (Å²) in [5, 5.41) is 3.04. The number of carbonyl (C=O) groups excluding carboxylic acids is 1. The van der Waals surface area contributed by atoms with Crippen LogP contribution in [0.5, 0.6) is 11.5 Å². The van der Waals surface area contributed by atoms with Crippen LogP contribution in [-0.2, 0) is 11.3 Å².